The number of hydrogen-bond acceptors (Lipinski definition) is 6. The second kappa shape index (κ2) is 5.73. The average molecular weight is 242 g/mol. The van der Waals surface area contributed by atoms with Gasteiger partial charge in [0.05, 0.1) is 17.9 Å². The van der Waals surface area contributed by atoms with E-state index in [1.807, 2.05) is 6.92 Å². The van der Waals surface area contributed by atoms with Crippen LogP contribution < -0.4 is 0 Å². The van der Waals surface area contributed by atoms with Crippen molar-refractivity contribution < 1.29 is 9.53 Å². The van der Waals surface area contributed by atoms with Crippen molar-refractivity contribution in [2.45, 2.75) is 18.9 Å². The summed E-state index contributed by atoms with van der Waals surface area (Å²) in [5, 5.41) is 9.46. The molecule has 0 unspecified atom stereocenters. The van der Waals surface area contributed by atoms with Crippen LogP contribution in [0.3, 0.4) is 0 Å². The average Bonchev–Trinajstić information content (AvgIpc) is 2.56. The van der Waals surface area contributed by atoms with E-state index in [1.165, 1.54) is 23.3 Å². The zero-order chi connectivity index (χ0) is 11.3. The van der Waals surface area contributed by atoms with Gasteiger partial charge in [0.1, 0.15) is 11.1 Å². The van der Waals surface area contributed by atoms with Crippen LogP contribution in [-0.4, -0.2) is 22.7 Å². The van der Waals surface area contributed by atoms with Gasteiger partial charge in [-0.05, 0) is 25.4 Å². The molecule has 1 rings (SSSR count). The maximum absolute atomic E-state index is 11.1. The fraction of sp³-hybridized carbons (Fsp3) is 0.444. The summed E-state index contributed by atoms with van der Waals surface area (Å²) >= 11 is 2.52. The van der Waals surface area contributed by atoms with Gasteiger partial charge in [-0.15, -0.1) is 0 Å². The van der Waals surface area contributed by atoms with Crippen LogP contribution in [0, 0.1) is 18.3 Å². The van der Waals surface area contributed by atoms with Gasteiger partial charge in [-0.2, -0.15) is 9.64 Å². The van der Waals surface area contributed by atoms with Gasteiger partial charge in [0.2, 0.25) is 0 Å². The summed E-state index contributed by atoms with van der Waals surface area (Å²) in [6, 6.07) is 2.07. The minimum Gasteiger partial charge on any atom is -0.465 e. The first-order valence-corrected chi connectivity index (χ1v) is 6.09. The van der Waals surface area contributed by atoms with Crippen LogP contribution in [0.15, 0.2) is 5.03 Å². The molecule has 4 nitrogen and oxygen atoms in total. The van der Waals surface area contributed by atoms with Gasteiger partial charge in [0, 0.05) is 4.88 Å². The number of rotatable bonds is 4. The lowest BCUT2D eigenvalue weighted by molar-refractivity contribution is -0.139. The molecule has 1 heterocycles. The summed E-state index contributed by atoms with van der Waals surface area (Å²) in [6.07, 6.45) is 0. The number of carbonyl (C=O) groups excluding carboxylic acids is 1. The largest absolute Gasteiger partial charge is 0.465 e. The van der Waals surface area contributed by atoms with Crippen molar-refractivity contribution in [3.05, 3.63) is 10.4 Å². The molecule has 0 spiro atoms. The molecule has 0 aromatic carbocycles. The minimum absolute atomic E-state index is 0.200. The van der Waals surface area contributed by atoms with E-state index in [0.717, 1.165) is 4.88 Å². The molecule has 0 bridgehead atoms. The van der Waals surface area contributed by atoms with Gasteiger partial charge in [0.15, 0.2) is 0 Å². The number of hydrogen-bond donors (Lipinski definition) is 0. The van der Waals surface area contributed by atoms with Gasteiger partial charge < -0.3 is 4.74 Å². The Kier molecular flexibility index (Phi) is 4.59. The number of carbonyl (C=O) groups is 1. The molecule has 15 heavy (non-hydrogen) atoms. The quantitative estimate of drug-likeness (QED) is 0.596. The molecule has 0 fully saturated rings. The fourth-order valence-electron chi connectivity index (χ4n) is 0.907. The lowest BCUT2D eigenvalue weighted by atomic mass is 10.3. The molecule has 0 atom stereocenters. The Balaban J connectivity index is 2.58. The molecule has 6 heteroatoms. The summed E-state index contributed by atoms with van der Waals surface area (Å²) in [5.41, 5.74) is 0.564. The van der Waals surface area contributed by atoms with Crippen LogP contribution in [0.25, 0.3) is 0 Å². The molecule has 1 aromatic heterocycles. The van der Waals surface area contributed by atoms with Gasteiger partial charge in [-0.3, -0.25) is 4.79 Å². The molecule has 80 valence electrons. The molecule has 0 N–H and O–H groups in total. The number of aromatic nitrogens is 1. The number of thioether (sulfide) groups is 1. The molecule has 0 radical (unpaired) electrons. The highest BCUT2D eigenvalue weighted by molar-refractivity contribution is 8.00. The van der Waals surface area contributed by atoms with Gasteiger partial charge in [-0.1, -0.05) is 11.8 Å². The third kappa shape index (κ3) is 3.22. The number of nitriles is 1. The SMILES string of the molecule is CCOC(=O)CSc1nsc(C)c1C#N. The van der Waals surface area contributed by atoms with Crippen molar-refractivity contribution >= 4 is 29.3 Å². The molecule has 0 aliphatic heterocycles. The van der Waals surface area contributed by atoms with Crippen LogP contribution in [-0.2, 0) is 9.53 Å². The monoisotopic (exact) mass is 242 g/mol. The van der Waals surface area contributed by atoms with Crippen LogP contribution in [0.4, 0.5) is 0 Å². The Hall–Kier alpha value is -1.06. The summed E-state index contributed by atoms with van der Waals surface area (Å²) in [7, 11) is 0. The summed E-state index contributed by atoms with van der Waals surface area (Å²) < 4.78 is 8.87. The van der Waals surface area contributed by atoms with E-state index in [2.05, 4.69) is 10.4 Å². The van der Waals surface area contributed by atoms with Crippen molar-refractivity contribution in [1.29, 1.82) is 5.26 Å². The normalized spacial score (nSPS) is 9.67. The number of ether oxygens (including phenoxy) is 1. The van der Waals surface area contributed by atoms with Crippen molar-refractivity contribution in [2.75, 3.05) is 12.4 Å². The second-order valence-electron chi connectivity index (χ2n) is 2.62. The molecule has 0 saturated carbocycles. The summed E-state index contributed by atoms with van der Waals surface area (Å²) in [5.74, 6) is -0.0804. The van der Waals surface area contributed by atoms with E-state index in [1.54, 1.807) is 6.92 Å². The standard InChI is InChI=1S/C9H10N2O2S2/c1-3-13-8(12)5-14-9-7(4-10)6(2)15-11-9/h3,5H2,1-2H3. The third-order valence-electron chi connectivity index (χ3n) is 1.58. The second-order valence-corrected chi connectivity index (χ2v) is 4.57. The van der Waals surface area contributed by atoms with Gasteiger partial charge in [-0.25, -0.2) is 0 Å². The zero-order valence-corrected chi connectivity index (χ0v) is 10.1. The highest BCUT2D eigenvalue weighted by atomic mass is 32.2. The smallest absolute Gasteiger partial charge is 0.316 e. The van der Waals surface area contributed by atoms with Crippen LogP contribution in [0.2, 0.25) is 0 Å². The van der Waals surface area contributed by atoms with E-state index < -0.39 is 0 Å². The minimum atomic E-state index is -0.281. The molecule has 0 amide bonds. The lowest BCUT2D eigenvalue weighted by Crippen LogP contribution is -2.06. The molecule has 0 aliphatic rings. The van der Waals surface area contributed by atoms with Crippen molar-refractivity contribution in [3.63, 3.8) is 0 Å². The number of aryl methyl sites for hydroxylation is 1. The van der Waals surface area contributed by atoms with E-state index in [9.17, 15) is 4.79 Å². The van der Waals surface area contributed by atoms with E-state index in [0.29, 0.717) is 17.2 Å². The van der Waals surface area contributed by atoms with Crippen LogP contribution >= 0.6 is 23.3 Å². The molecular formula is C9H10N2O2S2. The van der Waals surface area contributed by atoms with E-state index in [4.69, 9.17) is 10.00 Å². The lowest BCUT2D eigenvalue weighted by Gasteiger charge is -1.99. The van der Waals surface area contributed by atoms with E-state index >= 15 is 0 Å². The van der Waals surface area contributed by atoms with Crippen LogP contribution in [0.5, 0.6) is 0 Å². The van der Waals surface area contributed by atoms with Gasteiger partial charge in [0.25, 0.3) is 0 Å². The summed E-state index contributed by atoms with van der Waals surface area (Å²) in [6.45, 7) is 3.97. The first kappa shape index (κ1) is 12.0. The molecule has 1 aromatic rings. The topological polar surface area (TPSA) is 63.0 Å². The predicted octanol–water partition coefficient (Wildman–Crippen LogP) is 1.98. The summed E-state index contributed by atoms with van der Waals surface area (Å²) in [4.78, 5) is 12.0. The van der Waals surface area contributed by atoms with Crippen molar-refractivity contribution in [2.24, 2.45) is 0 Å². The van der Waals surface area contributed by atoms with Crippen LogP contribution in [0.1, 0.15) is 17.4 Å². The number of nitrogens with zero attached hydrogens (tertiary/aromatic N) is 2. The first-order valence-electron chi connectivity index (χ1n) is 4.33. The Morgan fingerprint density at radius 3 is 3.07 bits per heavy atom. The highest BCUT2D eigenvalue weighted by Gasteiger charge is 2.12. The maximum Gasteiger partial charge on any atom is 0.316 e. The Morgan fingerprint density at radius 2 is 2.47 bits per heavy atom. The fourth-order valence-corrected chi connectivity index (χ4v) is 2.52. The van der Waals surface area contributed by atoms with E-state index in [-0.39, 0.29) is 11.7 Å². The Bertz CT molecular complexity index is 395. The van der Waals surface area contributed by atoms with Crippen molar-refractivity contribution in [3.8, 4) is 6.07 Å². The maximum atomic E-state index is 11.1. The Labute approximate surface area is 96.4 Å². The molecular weight excluding hydrogens is 232 g/mol. The van der Waals surface area contributed by atoms with Gasteiger partial charge >= 0.3 is 5.97 Å². The first-order chi connectivity index (χ1) is 7.19. The molecule has 0 saturated heterocycles. The number of esters is 1. The highest BCUT2D eigenvalue weighted by Crippen LogP contribution is 2.26. The molecule has 0 aliphatic carbocycles. The Morgan fingerprint density at radius 1 is 1.73 bits per heavy atom. The predicted molar refractivity (Wildman–Crippen MR) is 58.9 cm³/mol. The zero-order valence-electron chi connectivity index (χ0n) is 8.44. The van der Waals surface area contributed by atoms with Crippen molar-refractivity contribution in [1.82, 2.24) is 4.37 Å². The third-order valence-corrected chi connectivity index (χ3v) is 3.39.